The summed E-state index contributed by atoms with van der Waals surface area (Å²) in [6.45, 7) is 3.81. The van der Waals surface area contributed by atoms with Gasteiger partial charge in [0, 0.05) is 12.6 Å². The van der Waals surface area contributed by atoms with Crippen molar-refractivity contribution in [2.45, 2.75) is 44.6 Å². The van der Waals surface area contributed by atoms with Gasteiger partial charge in [-0.1, -0.05) is 6.07 Å². The van der Waals surface area contributed by atoms with Crippen LogP contribution in [0.25, 0.3) is 0 Å². The number of primary amides is 1. The molecule has 1 amide bonds. The summed E-state index contributed by atoms with van der Waals surface area (Å²) in [7, 11) is 0. The van der Waals surface area contributed by atoms with Crippen LogP contribution in [0, 0.1) is 11.7 Å². The van der Waals surface area contributed by atoms with Crippen molar-refractivity contribution in [1.29, 1.82) is 0 Å². The number of nitrogens with two attached hydrogens (primary N) is 1. The van der Waals surface area contributed by atoms with Crippen molar-refractivity contribution < 1.29 is 9.18 Å². The van der Waals surface area contributed by atoms with E-state index in [0.29, 0.717) is 6.04 Å². The standard InChI is InChI=1S/C19H28FN3O/c20-16-7-8-17-14(12-16)4-1-6-18(17)22-9-3-11-23-10-2-5-15(13-23)19(21)24/h7-8,12,15,18,22H,1-6,9-11,13H2,(H2,21,24). The molecule has 2 atom stereocenters. The Morgan fingerprint density at radius 1 is 1.33 bits per heavy atom. The minimum absolute atomic E-state index is 0.0202. The number of hydrogen-bond acceptors (Lipinski definition) is 3. The zero-order valence-corrected chi connectivity index (χ0v) is 14.3. The minimum Gasteiger partial charge on any atom is -0.369 e. The number of nitrogens with zero attached hydrogens (tertiary/aromatic N) is 1. The quantitative estimate of drug-likeness (QED) is 0.786. The summed E-state index contributed by atoms with van der Waals surface area (Å²) in [5, 5.41) is 3.63. The molecule has 4 nitrogen and oxygen atoms in total. The average Bonchev–Trinajstić information content (AvgIpc) is 2.58. The second-order valence-corrected chi connectivity index (χ2v) is 7.14. The molecule has 1 aromatic rings. The van der Waals surface area contributed by atoms with Crippen LogP contribution in [0.3, 0.4) is 0 Å². The van der Waals surface area contributed by atoms with Crippen molar-refractivity contribution in [3.8, 4) is 0 Å². The van der Waals surface area contributed by atoms with Gasteiger partial charge in [-0.25, -0.2) is 4.39 Å². The first kappa shape index (κ1) is 17.4. The molecule has 5 heteroatoms. The number of amides is 1. The Hall–Kier alpha value is -1.46. The summed E-state index contributed by atoms with van der Waals surface area (Å²) >= 11 is 0. The van der Waals surface area contributed by atoms with E-state index in [1.54, 1.807) is 12.1 Å². The third-order valence-corrected chi connectivity index (χ3v) is 5.37. The van der Waals surface area contributed by atoms with Crippen LogP contribution in [0.15, 0.2) is 18.2 Å². The van der Waals surface area contributed by atoms with E-state index in [4.69, 9.17) is 5.73 Å². The van der Waals surface area contributed by atoms with Crippen LogP contribution >= 0.6 is 0 Å². The number of hydrogen-bond donors (Lipinski definition) is 2. The summed E-state index contributed by atoms with van der Waals surface area (Å²) in [6, 6.07) is 5.52. The third kappa shape index (κ3) is 4.33. The molecule has 1 fully saturated rings. The zero-order valence-electron chi connectivity index (χ0n) is 14.3. The number of carbonyl (C=O) groups excluding carboxylic acids is 1. The molecule has 1 aromatic carbocycles. The molecule has 3 N–H and O–H groups in total. The summed E-state index contributed by atoms with van der Waals surface area (Å²) < 4.78 is 13.4. The second kappa shape index (κ2) is 8.08. The van der Waals surface area contributed by atoms with Crippen molar-refractivity contribution in [3.63, 3.8) is 0 Å². The van der Waals surface area contributed by atoms with Gasteiger partial charge in [0.1, 0.15) is 5.82 Å². The lowest BCUT2D eigenvalue weighted by Gasteiger charge is -2.31. The monoisotopic (exact) mass is 333 g/mol. The van der Waals surface area contributed by atoms with Crippen molar-refractivity contribution >= 4 is 5.91 Å². The Morgan fingerprint density at radius 2 is 2.21 bits per heavy atom. The fourth-order valence-corrected chi connectivity index (χ4v) is 4.06. The average molecular weight is 333 g/mol. The Balaban J connectivity index is 1.44. The molecular formula is C19H28FN3O. The second-order valence-electron chi connectivity index (χ2n) is 7.14. The lowest BCUT2D eigenvalue weighted by Crippen LogP contribution is -2.42. The lowest BCUT2D eigenvalue weighted by atomic mass is 9.87. The van der Waals surface area contributed by atoms with Crippen molar-refractivity contribution in [2.24, 2.45) is 11.7 Å². The molecule has 1 saturated heterocycles. The molecule has 0 saturated carbocycles. The Bertz CT molecular complexity index is 578. The van der Waals surface area contributed by atoms with Crippen LogP contribution < -0.4 is 11.1 Å². The van der Waals surface area contributed by atoms with Crippen LogP contribution in [-0.4, -0.2) is 37.0 Å². The Kier molecular flexibility index (Phi) is 5.85. The van der Waals surface area contributed by atoms with Gasteiger partial charge in [-0.15, -0.1) is 0 Å². The topological polar surface area (TPSA) is 58.4 Å². The fourth-order valence-electron chi connectivity index (χ4n) is 4.06. The summed E-state index contributed by atoms with van der Waals surface area (Å²) in [6.07, 6.45) is 6.25. The molecule has 2 unspecified atom stereocenters. The van der Waals surface area contributed by atoms with Crippen molar-refractivity contribution in [2.75, 3.05) is 26.2 Å². The highest BCUT2D eigenvalue weighted by molar-refractivity contribution is 5.76. The lowest BCUT2D eigenvalue weighted by molar-refractivity contribution is -0.123. The number of nitrogens with one attached hydrogen (secondary N) is 1. The third-order valence-electron chi connectivity index (χ3n) is 5.37. The maximum absolute atomic E-state index is 13.4. The highest BCUT2D eigenvalue weighted by atomic mass is 19.1. The van der Waals surface area contributed by atoms with Gasteiger partial charge in [-0.2, -0.15) is 0 Å². The Labute approximate surface area is 143 Å². The van der Waals surface area contributed by atoms with Gasteiger partial charge in [0.2, 0.25) is 5.91 Å². The molecule has 1 heterocycles. The van der Waals surface area contributed by atoms with Gasteiger partial charge >= 0.3 is 0 Å². The van der Waals surface area contributed by atoms with Crippen LogP contribution in [0.4, 0.5) is 4.39 Å². The van der Waals surface area contributed by atoms with Crippen LogP contribution in [0.5, 0.6) is 0 Å². The first-order valence-electron chi connectivity index (χ1n) is 9.17. The molecule has 1 aliphatic heterocycles. The summed E-state index contributed by atoms with van der Waals surface area (Å²) in [5.74, 6) is -0.279. The molecule has 0 bridgehead atoms. The number of aryl methyl sites for hydroxylation is 1. The molecule has 0 spiro atoms. The van der Waals surface area contributed by atoms with E-state index in [0.717, 1.165) is 70.3 Å². The SMILES string of the molecule is NC(=O)C1CCCN(CCCNC2CCCc3cc(F)ccc32)C1. The van der Waals surface area contributed by atoms with Crippen LogP contribution in [0.1, 0.15) is 49.3 Å². The molecule has 1 aliphatic carbocycles. The van der Waals surface area contributed by atoms with E-state index < -0.39 is 0 Å². The van der Waals surface area contributed by atoms with Gasteiger partial charge in [0.05, 0.1) is 5.92 Å². The number of benzene rings is 1. The maximum atomic E-state index is 13.4. The highest BCUT2D eigenvalue weighted by Crippen LogP contribution is 2.30. The maximum Gasteiger partial charge on any atom is 0.221 e. The number of fused-ring (bicyclic) bond motifs is 1. The predicted molar refractivity (Wildman–Crippen MR) is 93.1 cm³/mol. The van der Waals surface area contributed by atoms with Crippen molar-refractivity contribution in [3.05, 3.63) is 35.1 Å². The normalized spacial score (nSPS) is 24.5. The Morgan fingerprint density at radius 3 is 3.04 bits per heavy atom. The van der Waals surface area contributed by atoms with Gasteiger partial charge in [0.25, 0.3) is 0 Å². The van der Waals surface area contributed by atoms with Crippen LogP contribution in [0.2, 0.25) is 0 Å². The molecular weight excluding hydrogens is 305 g/mol. The fraction of sp³-hybridized carbons (Fsp3) is 0.632. The first-order valence-corrected chi connectivity index (χ1v) is 9.17. The molecule has 132 valence electrons. The highest BCUT2D eigenvalue weighted by Gasteiger charge is 2.24. The predicted octanol–water partition coefficient (Wildman–Crippen LogP) is 2.38. The van der Waals surface area contributed by atoms with E-state index in [1.165, 1.54) is 5.56 Å². The van der Waals surface area contributed by atoms with E-state index >= 15 is 0 Å². The van der Waals surface area contributed by atoms with Gasteiger partial charge in [-0.3, -0.25) is 4.79 Å². The van der Waals surface area contributed by atoms with E-state index in [-0.39, 0.29) is 17.6 Å². The van der Waals surface area contributed by atoms with E-state index in [2.05, 4.69) is 10.2 Å². The minimum atomic E-state index is -0.163. The number of rotatable bonds is 6. The smallest absolute Gasteiger partial charge is 0.221 e. The molecule has 3 rings (SSSR count). The largest absolute Gasteiger partial charge is 0.369 e. The summed E-state index contributed by atoms with van der Waals surface area (Å²) in [4.78, 5) is 13.7. The number of carbonyl (C=O) groups is 1. The number of likely N-dealkylation sites (tertiary alicyclic amines) is 1. The first-order chi connectivity index (χ1) is 11.6. The zero-order chi connectivity index (χ0) is 16.9. The summed E-state index contributed by atoms with van der Waals surface area (Å²) in [5.41, 5.74) is 7.84. The van der Waals surface area contributed by atoms with Gasteiger partial charge in [-0.05, 0) is 81.4 Å². The number of halogens is 1. The van der Waals surface area contributed by atoms with Crippen molar-refractivity contribution in [1.82, 2.24) is 10.2 Å². The van der Waals surface area contributed by atoms with Gasteiger partial charge < -0.3 is 16.0 Å². The molecule has 0 radical (unpaired) electrons. The van der Waals surface area contributed by atoms with E-state index in [9.17, 15) is 9.18 Å². The van der Waals surface area contributed by atoms with E-state index in [1.807, 2.05) is 6.07 Å². The van der Waals surface area contributed by atoms with Crippen LogP contribution in [-0.2, 0) is 11.2 Å². The molecule has 0 aromatic heterocycles. The molecule has 24 heavy (non-hydrogen) atoms. The van der Waals surface area contributed by atoms with Gasteiger partial charge in [0.15, 0.2) is 0 Å². The molecule has 2 aliphatic rings. The number of piperidine rings is 1.